The third-order valence-electron chi connectivity index (χ3n) is 4.14. The summed E-state index contributed by atoms with van der Waals surface area (Å²) in [4.78, 5) is 2.03. The van der Waals surface area contributed by atoms with Gasteiger partial charge in [0.25, 0.3) is 0 Å². The molecule has 2 heterocycles. The van der Waals surface area contributed by atoms with Crippen molar-refractivity contribution in [3.8, 4) is 11.3 Å². The number of benzene rings is 1. The molecule has 0 radical (unpaired) electrons. The summed E-state index contributed by atoms with van der Waals surface area (Å²) in [6, 6.07) is 10.1. The van der Waals surface area contributed by atoms with E-state index in [1.807, 2.05) is 49.2 Å². The average molecular weight is 320 g/mol. The lowest BCUT2D eigenvalue weighted by atomic mass is 10.1. The van der Waals surface area contributed by atoms with Gasteiger partial charge in [0.15, 0.2) is 15.6 Å². The summed E-state index contributed by atoms with van der Waals surface area (Å²) in [7, 11) is -0.932. The Morgan fingerprint density at radius 3 is 2.68 bits per heavy atom. The van der Waals surface area contributed by atoms with Crippen LogP contribution in [0.2, 0.25) is 0 Å². The predicted octanol–water partition coefficient (Wildman–Crippen LogP) is 2.27. The van der Waals surface area contributed by atoms with Gasteiger partial charge in [-0.3, -0.25) is 4.90 Å². The van der Waals surface area contributed by atoms with Crippen LogP contribution >= 0.6 is 0 Å². The molecule has 0 N–H and O–H groups in total. The van der Waals surface area contributed by atoms with Crippen LogP contribution in [0.1, 0.15) is 17.7 Å². The zero-order chi connectivity index (χ0) is 15.7. The van der Waals surface area contributed by atoms with Crippen molar-refractivity contribution in [2.24, 2.45) is 0 Å². The molecule has 1 saturated heterocycles. The number of hydrogen-bond acceptors (Lipinski definition) is 5. The maximum Gasteiger partial charge on any atom is 0.151 e. The zero-order valence-corrected chi connectivity index (χ0v) is 13.6. The Hall–Kier alpha value is -1.66. The van der Waals surface area contributed by atoms with Crippen LogP contribution in [0.15, 0.2) is 34.9 Å². The van der Waals surface area contributed by atoms with Crippen molar-refractivity contribution < 1.29 is 12.9 Å². The highest BCUT2D eigenvalue weighted by Crippen LogP contribution is 2.22. The smallest absolute Gasteiger partial charge is 0.151 e. The lowest BCUT2D eigenvalue weighted by Crippen LogP contribution is -2.31. The molecule has 1 aliphatic heterocycles. The van der Waals surface area contributed by atoms with Gasteiger partial charge >= 0.3 is 0 Å². The normalized spacial score (nSPS) is 20.6. The minimum Gasteiger partial charge on any atom is -0.359 e. The Morgan fingerprint density at radius 2 is 2.05 bits per heavy atom. The number of rotatable bonds is 4. The molecule has 6 heteroatoms. The van der Waals surface area contributed by atoms with Crippen LogP contribution in [-0.2, 0) is 16.4 Å². The van der Waals surface area contributed by atoms with Crippen molar-refractivity contribution in [2.45, 2.75) is 25.9 Å². The monoisotopic (exact) mass is 320 g/mol. The van der Waals surface area contributed by atoms with Gasteiger partial charge in [0, 0.05) is 17.7 Å². The molecule has 0 saturated carbocycles. The van der Waals surface area contributed by atoms with Gasteiger partial charge in [0.1, 0.15) is 5.69 Å². The van der Waals surface area contributed by atoms with E-state index in [0.29, 0.717) is 13.0 Å². The van der Waals surface area contributed by atoms with Crippen molar-refractivity contribution in [1.82, 2.24) is 10.1 Å². The third kappa shape index (κ3) is 3.39. The standard InChI is InChI=1S/C16H20N2O3S/c1-12-3-5-13(6-4-12)16-9-15(21-17-16)10-18(2)14-7-8-22(19,20)11-14/h3-6,9,14H,7-8,10-11H2,1-2H3/t14-/m1/s1. The summed E-state index contributed by atoms with van der Waals surface area (Å²) in [6.45, 7) is 2.61. The fourth-order valence-electron chi connectivity index (χ4n) is 2.75. The Balaban J connectivity index is 1.68. The molecule has 0 bridgehead atoms. The van der Waals surface area contributed by atoms with Gasteiger partial charge in [0.05, 0.1) is 18.1 Å². The summed E-state index contributed by atoms with van der Waals surface area (Å²) in [5, 5.41) is 4.10. The zero-order valence-electron chi connectivity index (χ0n) is 12.8. The summed E-state index contributed by atoms with van der Waals surface area (Å²) < 4.78 is 28.5. The summed E-state index contributed by atoms with van der Waals surface area (Å²) in [5.74, 6) is 1.28. The molecule has 118 valence electrons. The minimum atomic E-state index is -2.86. The number of aromatic nitrogens is 1. The van der Waals surface area contributed by atoms with Crippen LogP contribution in [0.5, 0.6) is 0 Å². The molecule has 0 aliphatic carbocycles. The minimum absolute atomic E-state index is 0.0675. The molecule has 22 heavy (non-hydrogen) atoms. The Kier molecular flexibility index (Phi) is 4.06. The molecule has 3 rings (SSSR count). The molecule has 1 aliphatic rings. The number of nitrogens with zero attached hydrogens (tertiary/aromatic N) is 2. The Morgan fingerprint density at radius 1 is 1.32 bits per heavy atom. The van der Waals surface area contributed by atoms with Crippen molar-refractivity contribution >= 4 is 9.84 Å². The summed E-state index contributed by atoms with van der Waals surface area (Å²) in [6.07, 6.45) is 0.692. The summed E-state index contributed by atoms with van der Waals surface area (Å²) >= 11 is 0. The highest BCUT2D eigenvalue weighted by molar-refractivity contribution is 7.91. The van der Waals surface area contributed by atoms with Gasteiger partial charge in [-0.05, 0) is 20.4 Å². The van der Waals surface area contributed by atoms with Crippen LogP contribution in [0.25, 0.3) is 11.3 Å². The largest absolute Gasteiger partial charge is 0.359 e. The quantitative estimate of drug-likeness (QED) is 0.865. The lowest BCUT2D eigenvalue weighted by molar-refractivity contribution is 0.222. The maximum atomic E-state index is 11.6. The van der Waals surface area contributed by atoms with Crippen LogP contribution in [0.3, 0.4) is 0 Å². The fraction of sp³-hybridized carbons (Fsp3) is 0.438. The van der Waals surface area contributed by atoms with Crippen molar-refractivity contribution in [3.05, 3.63) is 41.7 Å². The molecule has 0 amide bonds. The van der Waals surface area contributed by atoms with Gasteiger partial charge in [-0.25, -0.2) is 8.42 Å². The number of aryl methyl sites for hydroxylation is 1. The Bertz CT molecular complexity index is 750. The van der Waals surface area contributed by atoms with E-state index in [2.05, 4.69) is 5.16 Å². The first-order valence-electron chi connectivity index (χ1n) is 7.36. The first-order chi connectivity index (χ1) is 10.4. The van der Waals surface area contributed by atoms with E-state index in [1.165, 1.54) is 5.56 Å². The van der Waals surface area contributed by atoms with Crippen molar-refractivity contribution in [3.63, 3.8) is 0 Å². The third-order valence-corrected chi connectivity index (χ3v) is 5.89. The van der Waals surface area contributed by atoms with E-state index in [1.54, 1.807) is 0 Å². The summed E-state index contributed by atoms with van der Waals surface area (Å²) in [5.41, 5.74) is 3.03. The molecule has 0 unspecified atom stereocenters. The van der Waals surface area contributed by atoms with E-state index in [4.69, 9.17) is 4.52 Å². The maximum absolute atomic E-state index is 11.6. The lowest BCUT2D eigenvalue weighted by Gasteiger charge is -2.21. The number of hydrogen-bond donors (Lipinski definition) is 0. The molecule has 1 aromatic carbocycles. The second kappa shape index (κ2) is 5.85. The second-order valence-corrected chi connectivity index (χ2v) is 8.25. The fourth-order valence-corrected chi connectivity index (χ4v) is 4.55. The molecular formula is C16H20N2O3S. The van der Waals surface area contributed by atoms with Crippen molar-refractivity contribution in [2.75, 3.05) is 18.6 Å². The van der Waals surface area contributed by atoms with Crippen molar-refractivity contribution in [1.29, 1.82) is 0 Å². The van der Waals surface area contributed by atoms with E-state index in [0.717, 1.165) is 17.0 Å². The van der Waals surface area contributed by atoms with E-state index >= 15 is 0 Å². The second-order valence-electron chi connectivity index (χ2n) is 6.02. The van der Waals surface area contributed by atoms with Crippen LogP contribution in [-0.4, -0.2) is 43.1 Å². The predicted molar refractivity (Wildman–Crippen MR) is 85.2 cm³/mol. The van der Waals surface area contributed by atoms with Gasteiger partial charge in [-0.1, -0.05) is 35.0 Å². The van der Waals surface area contributed by atoms with Gasteiger partial charge in [0.2, 0.25) is 0 Å². The molecule has 2 aromatic rings. The molecule has 1 aromatic heterocycles. The SMILES string of the molecule is Cc1ccc(-c2cc(CN(C)[C@@H]3CCS(=O)(=O)C3)on2)cc1. The first kappa shape index (κ1) is 15.2. The molecule has 1 fully saturated rings. The van der Waals surface area contributed by atoms with Gasteiger partial charge < -0.3 is 4.52 Å². The Labute approximate surface area is 130 Å². The van der Waals surface area contributed by atoms with E-state index < -0.39 is 9.84 Å². The van der Waals surface area contributed by atoms with Crippen LogP contribution < -0.4 is 0 Å². The van der Waals surface area contributed by atoms with Crippen LogP contribution in [0, 0.1) is 6.92 Å². The molecule has 5 nitrogen and oxygen atoms in total. The molecule has 0 spiro atoms. The average Bonchev–Trinajstić information content (AvgIpc) is 3.06. The van der Waals surface area contributed by atoms with Crippen LogP contribution in [0.4, 0.5) is 0 Å². The number of sulfone groups is 1. The van der Waals surface area contributed by atoms with E-state index in [-0.39, 0.29) is 17.5 Å². The highest BCUT2D eigenvalue weighted by Gasteiger charge is 2.30. The highest BCUT2D eigenvalue weighted by atomic mass is 32.2. The molecule has 1 atom stereocenters. The van der Waals surface area contributed by atoms with E-state index in [9.17, 15) is 8.42 Å². The first-order valence-corrected chi connectivity index (χ1v) is 9.18. The van der Waals surface area contributed by atoms with Gasteiger partial charge in [-0.2, -0.15) is 0 Å². The van der Waals surface area contributed by atoms with Gasteiger partial charge in [-0.15, -0.1) is 0 Å². The topological polar surface area (TPSA) is 63.4 Å². The molecular weight excluding hydrogens is 300 g/mol.